The number of aryl methyl sites for hydroxylation is 1. The fourth-order valence-corrected chi connectivity index (χ4v) is 3.07. The number of hydrogen-bond donors (Lipinski definition) is 2. The number of esters is 1. The third kappa shape index (κ3) is 6.95. The van der Waals surface area contributed by atoms with Gasteiger partial charge >= 0.3 is 5.97 Å². The second-order valence-electron chi connectivity index (χ2n) is 6.77. The summed E-state index contributed by atoms with van der Waals surface area (Å²) in [6.45, 7) is 10.3. The van der Waals surface area contributed by atoms with E-state index in [9.17, 15) is 9.59 Å². The summed E-state index contributed by atoms with van der Waals surface area (Å²) in [5.41, 5.74) is 2.08. The molecule has 2 N–H and O–H groups in total. The van der Waals surface area contributed by atoms with Crippen LogP contribution >= 0.6 is 11.8 Å². The Morgan fingerprint density at radius 2 is 1.92 bits per heavy atom. The number of carbonyl (C=O) groups is 2. The number of carbonyl (C=O) groups excluding carboxylic acids is 2. The molecule has 1 unspecified atom stereocenters. The number of H-pyrrole nitrogens is 1. The summed E-state index contributed by atoms with van der Waals surface area (Å²) >= 11 is 1.34. The first-order chi connectivity index (χ1) is 11.2. The minimum atomic E-state index is -0.599. The molecule has 1 heterocycles. The van der Waals surface area contributed by atoms with E-state index < -0.39 is 12.0 Å². The van der Waals surface area contributed by atoms with Crippen LogP contribution in [0.1, 0.15) is 45.5 Å². The highest BCUT2D eigenvalue weighted by molar-refractivity contribution is 7.99. The zero-order valence-corrected chi connectivity index (χ0v) is 16.3. The predicted molar refractivity (Wildman–Crippen MR) is 96.0 cm³/mol. The van der Waals surface area contributed by atoms with E-state index in [1.165, 1.54) is 18.9 Å². The maximum absolute atomic E-state index is 12.1. The number of amides is 1. The molecule has 6 nitrogen and oxygen atoms in total. The molecule has 1 aromatic rings. The van der Waals surface area contributed by atoms with E-state index in [-0.39, 0.29) is 17.6 Å². The van der Waals surface area contributed by atoms with Crippen LogP contribution in [0, 0.1) is 18.8 Å². The van der Waals surface area contributed by atoms with Gasteiger partial charge in [-0.15, -0.1) is 0 Å². The maximum Gasteiger partial charge on any atom is 0.328 e. The minimum Gasteiger partial charge on any atom is -0.467 e. The highest BCUT2D eigenvalue weighted by Crippen LogP contribution is 2.18. The lowest BCUT2D eigenvalue weighted by Gasteiger charge is -2.18. The van der Waals surface area contributed by atoms with Crippen molar-refractivity contribution in [1.29, 1.82) is 0 Å². The Labute approximate surface area is 148 Å². The van der Waals surface area contributed by atoms with Crippen LogP contribution in [0.3, 0.4) is 0 Å². The molecule has 0 aliphatic rings. The lowest BCUT2D eigenvalue weighted by atomic mass is 10.0. The standard InChI is InChI=1S/C17H29N3O3S/c1-10(2)7-13-12(5)18-17(20-13)24-9-15(21)19-14(8-11(3)4)16(22)23-6/h10-11,14H,7-9H2,1-6H3,(H,18,20)(H,19,21). The van der Waals surface area contributed by atoms with Crippen LogP contribution in [-0.2, 0) is 20.7 Å². The lowest BCUT2D eigenvalue weighted by molar-refractivity contribution is -0.145. The van der Waals surface area contributed by atoms with Gasteiger partial charge < -0.3 is 15.0 Å². The van der Waals surface area contributed by atoms with Gasteiger partial charge in [-0.05, 0) is 31.6 Å². The number of ether oxygens (including phenoxy) is 1. The van der Waals surface area contributed by atoms with Crippen molar-refractivity contribution in [1.82, 2.24) is 15.3 Å². The Morgan fingerprint density at radius 3 is 2.46 bits per heavy atom. The van der Waals surface area contributed by atoms with Gasteiger partial charge in [-0.3, -0.25) is 4.79 Å². The average molecular weight is 356 g/mol. The maximum atomic E-state index is 12.1. The molecule has 0 aromatic carbocycles. The van der Waals surface area contributed by atoms with Crippen LogP contribution in [0.5, 0.6) is 0 Å². The van der Waals surface area contributed by atoms with Crippen molar-refractivity contribution in [2.75, 3.05) is 12.9 Å². The number of thioether (sulfide) groups is 1. The number of hydrogen-bond acceptors (Lipinski definition) is 5. The molecule has 0 aliphatic heterocycles. The summed E-state index contributed by atoms with van der Waals surface area (Å²) in [5, 5.41) is 3.48. The average Bonchev–Trinajstić information content (AvgIpc) is 2.82. The summed E-state index contributed by atoms with van der Waals surface area (Å²) in [7, 11) is 1.33. The minimum absolute atomic E-state index is 0.199. The Morgan fingerprint density at radius 1 is 1.25 bits per heavy atom. The third-order valence-electron chi connectivity index (χ3n) is 3.43. The Balaban J connectivity index is 2.57. The van der Waals surface area contributed by atoms with Crippen molar-refractivity contribution in [2.24, 2.45) is 11.8 Å². The molecule has 0 spiro atoms. The Hall–Kier alpha value is -1.50. The van der Waals surface area contributed by atoms with Crippen molar-refractivity contribution in [2.45, 2.75) is 58.7 Å². The van der Waals surface area contributed by atoms with E-state index in [2.05, 4.69) is 29.1 Å². The van der Waals surface area contributed by atoms with Gasteiger partial charge in [0.25, 0.3) is 0 Å². The highest BCUT2D eigenvalue weighted by atomic mass is 32.2. The summed E-state index contributed by atoms with van der Waals surface area (Å²) in [4.78, 5) is 31.6. The molecule has 1 aromatic heterocycles. The molecule has 0 bridgehead atoms. The number of nitrogens with one attached hydrogen (secondary N) is 2. The molecule has 0 fully saturated rings. The van der Waals surface area contributed by atoms with Crippen molar-refractivity contribution in [3.8, 4) is 0 Å². The van der Waals surface area contributed by atoms with Gasteiger partial charge in [0.15, 0.2) is 5.16 Å². The molecule has 1 amide bonds. The first-order valence-corrected chi connectivity index (χ1v) is 9.26. The molecule has 0 aliphatic carbocycles. The van der Waals surface area contributed by atoms with Gasteiger partial charge in [0.2, 0.25) is 5.91 Å². The summed E-state index contributed by atoms with van der Waals surface area (Å²) < 4.78 is 4.75. The number of aromatic nitrogens is 2. The van der Waals surface area contributed by atoms with Crippen LogP contribution in [0.15, 0.2) is 5.16 Å². The highest BCUT2D eigenvalue weighted by Gasteiger charge is 2.22. The summed E-state index contributed by atoms with van der Waals surface area (Å²) in [6, 6.07) is -0.599. The smallest absolute Gasteiger partial charge is 0.328 e. The van der Waals surface area contributed by atoms with Crippen LogP contribution in [0.4, 0.5) is 0 Å². The van der Waals surface area contributed by atoms with E-state index in [4.69, 9.17) is 4.74 Å². The van der Waals surface area contributed by atoms with E-state index >= 15 is 0 Å². The lowest BCUT2D eigenvalue weighted by Crippen LogP contribution is -2.43. The van der Waals surface area contributed by atoms with Crippen LogP contribution < -0.4 is 5.32 Å². The number of rotatable bonds is 9. The molecule has 0 radical (unpaired) electrons. The third-order valence-corrected chi connectivity index (χ3v) is 4.31. The normalized spacial score (nSPS) is 12.5. The molecular formula is C17H29N3O3S. The number of imidazole rings is 1. The van der Waals surface area contributed by atoms with Gasteiger partial charge in [-0.2, -0.15) is 0 Å². The van der Waals surface area contributed by atoms with E-state index in [1.807, 2.05) is 20.8 Å². The topological polar surface area (TPSA) is 84.1 Å². The molecule has 1 rings (SSSR count). The Bertz CT molecular complexity index is 555. The van der Waals surface area contributed by atoms with Gasteiger partial charge in [0.1, 0.15) is 6.04 Å². The molecular weight excluding hydrogens is 326 g/mol. The Kier molecular flexibility index (Phi) is 8.31. The summed E-state index contributed by atoms with van der Waals surface area (Å²) in [5.74, 6) is 0.420. The van der Waals surface area contributed by atoms with Gasteiger partial charge in [0, 0.05) is 5.69 Å². The fraction of sp³-hybridized carbons (Fsp3) is 0.706. The quantitative estimate of drug-likeness (QED) is 0.525. The monoisotopic (exact) mass is 355 g/mol. The molecule has 7 heteroatoms. The second-order valence-corrected chi connectivity index (χ2v) is 7.74. The summed E-state index contributed by atoms with van der Waals surface area (Å²) in [6.07, 6.45) is 1.47. The van der Waals surface area contributed by atoms with Gasteiger partial charge in [-0.1, -0.05) is 39.5 Å². The zero-order chi connectivity index (χ0) is 18.3. The number of aromatic amines is 1. The number of methoxy groups -OCH3 is 1. The van der Waals surface area contributed by atoms with Crippen molar-refractivity contribution in [3.63, 3.8) is 0 Å². The van der Waals surface area contributed by atoms with Crippen molar-refractivity contribution >= 4 is 23.6 Å². The molecule has 24 heavy (non-hydrogen) atoms. The molecule has 0 saturated carbocycles. The van der Waals surface area contributed by atoms with Crippen LogP contribution in [0.25, 0.3) is 0 Å². The van der Waals surface area contributed by atoms with Gasteiger partial charge in [-0.25, -0.2) is 9.78 Å². The zero-order valence-electron chi connectivity index (χ0n) is 15.4. The molecule has 0 saturated heterocycles. The predicted octanol–water partition coefficient (Wildman–Crippen LogP) is 2.71. The molecule has 1 atom stereocenters. The van der Waals surface area contributed by atoms with E-state index in [1.54, 1.807) is 0 Å². The van der Waals surface area contributed by atoms with Gasteiger partial charge in [0.05, 0.1) is 18.6 Å². The largest absolute Gasteiger partial charge is 0.467 e. The first kappa shape index (κ1) is 20.5. The number of nitrogens with zero attached hydrogens (tertiary/aromatic N) is 1. The van der Waals surface area contributed by atoms with Crippen LogP contribution in [0.2, 0.25) is 0 Å². The molecule has 136 valence electrons. The van der Waals surface area contributed by atoms with E-state index in [0.717, 1.165) is 23.0 Å². The fourth-order valence-electron chi connectivity index (χ4n) is 2.32. The SMILES string of the molecule is COC(=O)C(CC(C)C)NC(=O)CSc1nc(CC(C)C)c(C)[nH]1. The second kappa shape index (κ2) is 9.71. The first-order valence-electron chi connectivity index (χ1n) is 8.28. The van der Waals surface area contributed by atoms with E-state index in [0.29, 0.717) is 12.3 Å². The van der Waals surface area contributed by atoms with Crippen molar-refractivity contribution < 1.29 is 14.3 Å². The van der Waals surface area contributed by atoms with Crippen LogP contribution in [-0.4, -0.2) is 40.7 Å². The van der Waals surface area contributed by atoms with Crippen molar-refractivity contribution in [3.05, 3.63) is 11.4 Å².